The van der Waals surface area contributed by atoms with Gasteiger partial charge in [0, 0.05) is 5.02 Å². The average molecular weight is 317 g/mol. The first-order chi connectivity index (χ1) is 8.08. The van der Waals surface area contributed by atoms with Crippen LogP contribution in [0.3, 0.4) is 0 Å². The molecular formula is C10H7BrClN3O2. The molecule has 1 aromatic carbocycles. The highest BCUT2D eigenvalue weighted by Gasteiger charge is 2.17. The van der Waals surface area contributed by atoms with E-state index in [9.17, 15) is 4.79 Å². The first-order valence-electron chi connectivity index (χ1n) is 4.64. The molecule has 0 aliphatic carbocycles. The normalized spacial score (nSPS) is 10.5. The minimum Gasteiger partial charge on any atom is -0.476 e. The fourth-order valence-electron chi connectivity index (χ4n) is 1.36. The minimum atomic E-state index is -1.07. The van der Waals surface area contributed by atoms with Gasteiger partial charge in [0.1, 0.15) is 0 Å². The molecule has 1 N–H and O–H groups in total. The Morgan fingerprint density at radius 3 is 2.65 bits per heavy atom. The van der Waals surface area contributed by atoms with Crippen LogP contribution in [-0.4, -0.2) is 26.1 Å². The van der Waals surface area contributed by atoms with E-state index in [4.69, 9.17) is 16.7 Å². The van der Waals surface area contributed by atoms with E-state index in [-0.39, 0.29) is 10.3 Å². The maximum Gasteiger partial charge on any atom is 0.357 e. The quantitative estimate of drug-likeness (QED) is 0.944. The van der Waals surface area contributed by atoms with Crippen molar-refractivity contribution in [2.75, 3.05) is 0 Å². The summed E-state index contributed by atoms with van der Waals surface area (Å²) in [4.78, 5) is 11.0. The molecule has 17 heavy (non-hydrogen) atoms. The summed E-state index contributed by atoms with van der Waals surface area (Å²) in [5, 5.41) is 17.1. The van der Waals surface area contributed by atoms with Gasteiger partial charge in [-0.2, -0.15) is 0 Å². The number of hydrogen-bond acceptors (Lipinski definition) is 3. The van der Waals surface area contributed by atoms with Gasteiger partial charge < -0.3 is 5.11 Å². The minimum absolute atomic E-state index is 0.0277. The van der Waals surface area contributed by atoms with E-state index < -0.39 is 5.97 Å². The van der Waals surface area contributed by atoms with Gasteiger partial charge in [0.25, 0.3) is 0 Å². The van der Waals surface area contributed by atoms with E-state index in [1.165, 1.54) is 4.68 Å². The van der Waals surface area contributed by atoms with Gasteiger partial charge in [-0.05, 0) is 33.6 Å². The molecule has 0 radical (unpaired) electrons. The molecule has 7 heteroatoms. The van der Waals surface area contributed by atoms with Gasteiger partial charge in [-0.3, -0.25) is 0 Å². The zero-order chi connectivity index (χ0) is 12.4. The Hall–Kier alpha value is -1.40. The average Bonchev–Trinajstić information content (AvgIpc) is 2.63. The van der Waals surface area contributed by atoms with Crippen LogP contribution in [0.15, 0.2) is 28.9 Å². The predicted molar refractivity (Wildman–Crippen MR) is 65.2 cm³/mol. The van der Waals surface area contributed by atoms with Crippen molar-refractivity contribution in [2.45, 2.75) is 6.54 Å². The van der Waals surface area contributed by atoms with E-state index in [0.717, 1.165) is 5.56 Å². The Labute approximate surface area is 110 Å². The lowest BCUT2D eigenvalue weighted by Gasteiger charge is -2.03. The number of hydrogen-bond donors (Lipinski definition) is 1. The van der Waals surface area contributed by atoms with Gasteiger partial charge in [-0.1, -0.05) is 28.9 Å². The van der Waals surface area contributed by atoms with Crippen molar-refractivity contribution in [1.82, 2.24) is 15.0 Å². The summed E-state index contributed by atoms with van der Waals surface area (Å²) in [6.45, 7) is 0.331. The summed E-state index contributed by atoms with van der Waals surface area (Å²) < 4.78 is 1.54. The number of aromatic nitrogens is 3. The highest BCUT2D eigenvalue weighted by atomic mass is 79.9. The zero-order valence-electron chi connectivity index (χ0n) is 8.47. The molecule has 0 fully saturated rings. The Bertz CT molecular complexity index is 553. The molecule has 2 aromatic rings. The lowest BCUT2D eigenvalue weighted by atomic mass is 10.2. The molecule has 0 bridgehead atoms. The molecule has 0 unspecified atom stereocenters. The summed E-state index contributed by atoms with van der Waals surface area (Å²) in [6.07, 6.45) is 0. The number of benzene rings is 1. The molecule has 0 atom stereocenters. The van der Waals surface area contributed by atoms with Crippen LogP contribution in [0.5, 0.6) is 0 Å². The van der Waals surface area contributed by atoms with Crippen molar-refractivity contribution < 1.29 is 9.90 Å². The summed E-state index contributed by atoms with van der Waals surface area (Å²) in [6, 6.07) is 7.10. The van der Waals surface area contributed by atoms with E-state index in [0.29, 0.717) is 11.6 Å². The van der Waals surface area contributed by atoms with E-state index in [1.807, 2.05) is 12.1 Å². The molecule has 5 nitrogen and oxygen atoms in total. The topological polar surface area (TPSA) is 68.0 Å². The lowest BCUT2D eigenvalue weighted by molar-refractivity contribution is 0.0683. The van der Waals surface area contributed by atoms with Crippen molar-refractivity contribution in [1.29, 1.82) is 0 Å². The molecule has 0 amide bonds. The van der Waals surface area contributed by atoms with Crippen LogP contribution in [0.4, 0.5) is 0 Å². The second-order valence-corrected chi connectivity index (χ2v) is 4.51. The van der Waals surface area contributed by atoms with Gasteiger partial charge in [0.2, 0.25) is 0 Å². The van der Waals surface area contributed by atoms with Gasteiger partial charge in [0.05, 0.1) is 6.54 Å². The van der Waals surface area contributed by atoms with Crippen molar-refractivity contribution in [2.24, 2.45) is 0 Å². The fraction of sp³-hybridized carbons (Fsp3) is 0.100. The predicted octanol–water partition coefficient (Wildman–Crippen LogP) is 2.44. The van der Waals surface area contributed by atoms with Crippen LogP contribution in [-0.2, 0) is 6.54 Å². The molecule has 88 valence electrons. The van der Waals surface area contributed by atoms with E-state index in [1.54, 1.807) is 12.1 Å². The Morgan fingerprint density at radius 1 is 1.41 bits per heavy atom. The highest BCUT2D eigenvalue weighted by Crippen LogP contribution is 2.15. The first-order valence-corrected chi connectivity index (χ1v) is 5.82. The molecule has 1 aromatic heterocycles. The van der Waals surface area contributed by atoms with Crippen LogP contribution in [0.25, 0.3) is 0 Å². The fourth-order valence-corrected chi connectivity index (χ4v) is 1.94. The summed E-state index contributed by atoms with van der Waals surface area (Å²) in [7, 11) is 0. The zero-order valence-corrected chi connectivity index (χ0v) is 10.8. The number of carboxylic acids is 1. The third-order valence-electron chi connectivity index (χ3n) is 2.14. The smallest absolute Gasteiger partial charge is 0.357 e. The number of rotatable bonds is 3. The molecular weight excluding hydrogens is 309 g/mol. The molecule has 0 saturated heterocycles. The summed E-state index contributed by atoms with van der Waals surface area (Å²) in [5.74, 6) is -1.07. The SMILES string of the molecule is O=C(O)c1c(Br)nnn1Cc1ccc(Cl)cc1. The van der Waals surface area contributed by atoms with Gasteiger partial charge in [-0.15, -0.1) is 5.10 Å². The van der Waals surface area contributed by atoms with Crippen molar-refractivity contribution >= 4 is 33.5 Å². The molecule has 1 heterocycles. The standard InChI is InChI=1S/C10H7BrClN3O2/c11-9-8(10(16)17)15(14-13-9)5-6-1-3-7(12)4-2-6/h1-4H,5H2,(H,16,17). The largest absolute Gasteiger partial charge is 0.476 e. The maximum atomic E-state index is 11.0. The Morgan fingerprint density at radius 2 is 2.06 bits per heavy atom. The monoisotopic (exact) mass is 315 g/mol. The van der Waals surface area contributed by atoms with Crippen LogP contribution < -0.4 is 0 Å². The number of carboxylic acid groups (broad SMARTS) is 1. The van der Waals surface area contributed by atoms with Gasteiger partial charge >= 0.3 is 5.97 Å². The third kappa shape index (κ3) is 2.65. The van der Waals surface area contributed by atoms with Crippen LogP contribution >= 0.6 is 27.5 Å². The Kier molecular flexibility index (Phi) is 3.44. The van der Waals surface area contributed by atoms with Crippen molar-refractivity contribution in [3.63, 3.8) is 0 Å². The summed E-state index contributed by atoms with van der Waals surface area (Å²) >= 11 is 8.81. The van der Waals surface area contributed by atoms with Crippen LogP contribution in [0.1, 0.15) is 16.1 Å². The van der Waals surface area contributed by atoms with Crippen molar-refractivity contribution in [3.8, 4) is 0 Å². The van der Waals surface area contributed by atoms with E-state index in [2.05, 4.69) is 26.2 Å². The number of aromatic carboxylic acids is 1. The van der Waals surface area contributed by atoms with Crippen molar-refractivity contribution in [3.05, 3.63) is 45.1 Å². The van der Waals surface area contributed by atoms with Gasteiger partial charge in [0.15, 0.2) is 10.3 Å². The molecule has 0 aliphatic heterocycles. The second kappa shape index (κ2) is 4.85. The molecule has 0 saturated carbocycles. The third-order valence-corrected chi connectivity index (χ3v) is 2.93. The Balaban J connectivity index is 2.30. The second-order valence-electron chi connectivity index (χ2n) is 3.32. The lowest BCUT2D eigenvalue weighted by Crippen LogP contribution is -2.11. The molecule has 0 aliphatic rings. The number of nitrogens with zero attached hydrogens (tertiary/aromatic N) is 3. The number of halogens is 2. The number of carbonyl (C=O) groups is 1. The molecule has 0 spiro atoms. The first kappa shape index (κ1) is 12.1. The summed E-state index contributed by atoms with van der Waals surface area (Å²) in [5.41, 5.74) is 0.925. The van der Waals surface area contributed by atoms with Crippen LogP contribution in [0, 0.1) is 0 Å². The van der Waals surface area contributed by atoms with E-state index >= 15 is 0 Å². The maximum absolute atomic E-state index is 11.0. The van der Waals surface area contributed by atoms with Crippen LogP contribution in [0.2, 0.25) is 5.02 Å². The van der Waals surface area contributed by atoms with Gasteiger partial charge in [-0.25, -0.2) is 9.48 Å². The molecule has 2 rings (SSSR count). The highest BCUT2D eigenvalue weighted by molar-refractivity contribution is 9.10.